The summed E-state index contributed by atoms with van der Waals surface area (Å²) >= 11 is 5.21. The first kappa shape index (κ1) is 9.03. The molecule has 1 nitrogen and oxygen atoms in total. The molecule has 1 N–H and O–H groups in total. The number of rotatable bonds is 1. The van der Waals surface area contributed by atoms with Gasteiger partial charge in [0.05, 0.1) is 4.70 Å². The van der Waals surface area contributed by atoms with E-state index in [0.29, 0.717) is 5.75 Å². The van der Waals surface area contributed by atoms with E-state index in [9.17, 15) is 5.11 Å². The fourth-order valence-electron chi connectivity index (χ4n) is 1.39. The molecule has 0 aliphatic carbocycles. The molecule has 68 valence electrons. The van der Waals surface area contributed by atoms with Crippen LogP contribution in [0.2, 0.25) is 0 Å². The molecule has 2 rings (SSSR count). The monoisotopic (exact) mass is 256 g/mol. The normalized spacial score (nSPS) is 10.9. The molecule has 1 aromatic heterocycles. The predicted molar refractivity (Wildman–Crippen MR) is 60.6 cm³/mol. The number of thiophene rings is 1. The van der Waals surface area contributed by atoms with E-state index in [1.807, 2.05) is 17.5 Å². The van der Waals surface area contributed by atoms with Gasteiger partial charge in [-0.1, -0.05) is 6.92 Å². The number of aryl methyl sites for hydroxylation is 1. The molecule has 3 heteroatoms. The van der Waals surface area contributed by atoms with Crippen LogP contribution in [-0.4, -0.2) is 5.11 Å². The Kier molecular flexibility index (Phi) is 2.30. The van der Waals surface area contributed by atoms with Gasteiger partial charge in [0.1, 0.15) is 5.75 Å². The highest BCUT2D eigenvalue weighted by molar-refractivity contribution is 9.10. The molecule has 0 saturated carbocycles. The van der Waals surface area contributed by atoms with E-state index in [-0.39, 0.29) is 0 Å². The molecule has 1 heterocycles. The van der Waals surface area contributed by atoms with Crippen LogP contribution in [-0.2, 0) is 6.42 Å². The van der Waals surface area contributed by atoms with Crippen LogP contribution in [0, 0.1) is 0 Å². The fourth-order valence-corrected chi connectivity index (χ4v) is 3.15. The molecule has 0 radical (unpaired) electrons. The predicted octanol–water partition coefficient (Wildman–Crippen LogP) is 3.93. The first-order valence-electron chi connectivity index (χ1n) is 4.11. The highest BCUT2D eigenvalue weighted by Gasteiger charge is 2.08. The molecule has 0 atom stereocenters. The molecule has 0 spiro atoms. The molecule has 0 amide bonds. The summed E-state index contributed by atoms with van der Waals surface area (Å²) in [6.45, 7) is 2.08. The zero-order valence-electron chi connectivity index (χ0n) is 7.17. The van der Waals surface area contributed by atoms with Crippen LogP contribution >= 0.6 is 27.3 Å². The van der Waals surface area contributed by atoms with Gasteiger partial charge in [0.2, 0.25) is 0 Å². The largest absolute Gasteiger partial charge is 0.507 e. The number of halogens is 1. The van der Waals surface area contributed by atoms with Crippen molar-refractivity contribution in [2.24, 2.45) is 0 Å². The topological polar surface area (TPSA) is 20.2 Å². The molecule has 0 fully saturated rings. The molecule has 1 aromatic carbocycles. The van der Waals surface area contributed by atoms with Gasteiger partial charge in [-0.25, -0.2) is 0 Å². The summed E-state index contributed by atoms with van der Waals surface area (Å²) < 4.78 is 2.26. The number of aromatic hydroxyl groups is 1. The van der Waals surface area contributed by atoms with Gasteiger partial charge in [-0.15, -0.1) is 11.3 Å². The van der Waals surface area contributed by atoms with Gasteiger partial charge in [-0.3, -0.25) is 0 Å². The molecule has 0 unspecified atom stereocenters. The maximum Gasteiger partial charge on any atom is 0.124 e. The molecule has 0 aliphatic heterocycles. The van der Waals surface area contributed by atoms with Crippen LogP contribution in [0.5, 0.6) is 5.75 Å². The van der Waals surface area contributed by atoms with Crippen LogP contribution in [0.25, 0.3) is 10.1 Å². The van der Waals surface area contributed by atoms with Crippen molar-refractivity contribution in [3.8, 4) is 5.75 Å². The van der Waals surface area contributed by atoms with Crippen LogP contribution in [0.4, 0.5) is 0 Å². The van der Waals surface area contributed by atoms with Gasteiger partial charge in [0.15, 0.2) is 0 Å². The lowest BCUT2D eigenvalue weighted by atomic mass is 10.1. The SMILES string of the molecule is CCc1cc(O)c2ccsc2c1Br. The van der Waals surface area contributed by atoms with Crippen molar-refractivity contribution in [2.75, 3.05) is 0 Å². The number of hydrogen-bond acceptors (Lipinski definition) is 2. The van der Waals surface area contributed by atoms with E-state index in [1.54, 1.807) is 11.3 Å². The van der Waals surface area contributed by atoms with Crippen molar-refractivity contribution in [1.82, 2.24) is 0 Å². The van der Waals surface area contributed by atoms with E-state index in [1.165, 1.54) is 0 Å². The number of benzene rings is 1. The number of phenols is 1. The fraction of sp³-hybridized carbons (Fsp3) is 0.200. The minimum atomic E-state index is 0.385. The quantitative estimate of drug-likeness (QED) is 0.820. The number of phenolic OH excluding ortho intramolecular Hbond substituents is 1. The van der Waals surface area contributed by atoms with Gasteiger partial charge >= 0.3 is 0 Å². The Morgan fingerprint density at radius 3 is 3.00 bits per heavy atom. The smallest absolute Gasteiger partial charge is 0.124 e. The van der Waals surface area contributed by atoms with Crippen LogP contribution in [0.3, 0.4) is 0 Å². The van der Waals surface area contributed by atoms with Gasteiger partial charge in [0, 0.05) is 9.86 Å². The summed E-state index contributed by atoms with van der Waals surface area (Å²) in [7, 11) is 0. The molecule has 2 aromatic rings. The summed E-state index contributed by atoms with van der Waals surface area (Å²) in [5, 5.41) is 12.6. The maximum absolute atomic E-state index is 9.68. The molecule has 0 saturated heterocycles. The minimum Gasteiger partial charge on any atom is -0.507 e. The highest BCUT2D eigenvalue weighted by atomic mass is 79.9. The Balaban J connectivity index is 2.85. The lowest BCUT2D eigenvalue weighted by Gasteiger charge is -2.04. The van der Waals surface area contributed by atoms with Gasteiger partial charge in [0.25, 0.3) is 0 Å². The van der Waals surface area contributed by atoms with Crippen molar-refractivity contribution in [1.29, 1.82) is 0 Å². The second-order valence-electron chi connectivity index (χ2n) is 2.89. The third kappa shape index (κ3) is 1.36. The molecular formula is C10H9BrOS. The second kappa shape index (κ2) is 3.31. The Morgan fingerprint density at radius 2 is 2.31 bits per heavy atom. The average Bonchev–Trinajstić information content (AvgIpc) is 2.60. The molecule has 13 heavy (non-hydrogen) atoms. The summed E-state index contributed by atoms with van der Waals surface area (Å²) in [6, 6.07) is 3.78. The first-order valence-corrected chi connectivity index (χ1v) is 5.79. The summed E-state index contributed by atoms with van der Waals surface area (Å²) in [6.07, 6.45) is 0.933. The highest BCUT2D eigenvalue weighted by Crippen LogP contribution is 2.37. The van der Waals surface area contributed by atoms with Crippen LogP contribution < -0.4 is 0 Å². The number of hydrogen-bond donors (Lipinski definition) is 1. The third-order valence-electron chi connectivity index (χ3n) is 2.11. The molecular weight excluding hydrogens is 248 g/mol. The minimum absolute atomic E-state index is 0.385. The standard InChI is InChI=1S/C10H9BrOS/c1-2-6-5-8(12)7-3-4-13-10(7)9(6)11/h3-5,12H,2H2,1H3. The number of fused-ring (bicyclic) bond motifs is 1. The Labute approximate surface area is 89.1 Å². The van der Waals surface area contributed by atoms with Gasteiger partial charge in [-0.2, -0.15) is 0 Å². The zero-order chi connectivity index (χ0) is 9.42. The summed E-state index contributed by atoms with van der Waals surface area (Å²) in [5.41, 5.74) is 1.16. The lowest BCUT2D eigenvalue weighted by Crippen LogP contribution is -1.82. The van der Waals surface area contributed by atoms with Gasteiger partial charge < -0.3 is 5.11 Å². The van der Waals surface area contributed by atoms with E-state index < -0.39 is 0 Å². The van der Waals surface area contributed by atoms with E-state index in [2.05, 4.69) is 22.9 Å². The first-order chi connectivity index (χ1) is 6.24. The van der Waals surface area contributed by atoms with E-state index in [0.717, 1.165) is 26.5 Å². The Bertz CT molecular complexity index is 447. The van der Waals surface area contributed by atoms with Crippen LogP contribution in [0.15, 0.2) is 22.0 Å². The summed E-state index contributed by atoms with van der Waals surface area (Å²) in [4.78, 5) is 0. The van der Waals surface area contributed by atoms with E-state index in [4.69, 9.17) is 0 Å². The van der Waals surface area contributed by atoms with E-state index >= 15 is 0 Å². The maximum atomic E-state index is 9.68. The van der Waals surface area contributed by atoms with Crippen LogP contribution in [0.1, 0.15) is 12.5 Å². The molecule has 0 aliphatic rings. The van der Waals surface area contributed by atoms with Gasteiger partial charge in [-0.05, 0) is 45.4 Å². The lowest BCUT2D eigenvalue weighted by molar-refractivity contribution is 0.481. The Hall–Kier alpha value is -0.540. The Morgan fingerprint density at radius 1 is 1.54 bits per heavy atom. The summed E-state index contributed by atoms with van der Waals surface area (Å²) in [5.74, 6) is 0.385. The second-order valence-corrected chi connectivity index (χ2v) is 4.59. The third-order valence-corrected chi connectivity index (χ3v) is 4.21. The van der Waals surface area contributed by atoms with Crippen molar-refractivity contribution in [3.05, 3.63) is 27.5 Å². The zero-order valence-corrected chi connectivity index (χ0v) is 9.58. The molecule has 0 bridgehead atoms. The van der Waals surface area contributed by atoms with Crippen molar-refractivity contribution in [3.63, 3.8) is 0 Å². The van der Waals surface area contributed by atoms with Crippen molar-refractivity contribution >= 4 is 37.4 Å². The van der Waals surface area contributed by atoms with Crippen molar-refractivity contribution < 1.29 is 5.11 Å². The average molecular weight is 257 g/mol. The van der Waals surface area contributed by atoms with Crippen molar-refractivity contribution in [2.45, 2.75) is 13.3 Å².